The predicted molar refractivity (Wildman–Crippen MR) is 169 cm³/mol. The summed E-state index contributed by atoms with van der Waals surface area (Å²) in [5, 5.41) is 11.5. The molecule has 6 rings (SSSR count). The van der Waals surface area contributed by atoms with E-state index < -0.39 is 17.8 Å². The molecule has 4 aromatic rings. The standard InChI is InChI=1S/C31H30Cl2FN7O3/c1-17(34)30(42)41-10-9-40(15-19(41)5-7-35)29-26-25(37-31(38-29)44-16-20-4-3-8-39(20)2)14-22(21-6-11-43-28(21)26)23-12-18(36)13-24(32)27(23)33/h6,11-14,19-20H,1,3-5,8-10,15-16,36H2,2H3/t19-,20-/m0/s1. The summed E-state index contributed by atoms with van der Waals surface area (Å²) in [6, 6.07) is 8.98. The van der Waals surface area contributed by atoms with Crippen LogP contribution in [0.2, 0.25) is 10.0 Å². The van der Waals surface area contributed by atoms with Gasteiger partial charge in [0.2, 0.25) is 0 Å². The SMILES string of the molecule is C=C(F)C(=O)N1CCN(c2nc(OC[C@@H]3CCCN3C)nc3cc(-c4cc(N)cc(Cl)c4Cl)c4ccoc4c23)C[C@@H]1CC#N. The highest BCUT2D eigenvalue weighted by Crippen LogP contribution is 2.44. The van der Waals surface area contributed by atoms with E-state index in [-0.39, 0.29) is 31.6 Å². The van der Waals surface area contributed by atoms with E-state index in [1.807, 2.05) is 17.0 Å². The van der Waals surface area contributed by atoms with Gasteiger partial charge in [0.1, 0.15) is 18.0 Å². The number of nitrogen functional groups attached to an aromatic ring is 1. The third-order valence-electron chi connectivity index (χ3n) is 8.38. The third kappa shape index (κ3) is 5.49. The summed E-state index contributed by atoms with van der Waals surface area (Å²) < 4.78 is 26.1. The van der Waals surface area contributed by atoms with Gasteiger partial charge < -0.3 is 29.6 Å². The number of furan rings is 1. The van der Waals surface area contributed by atoms with Crippen molar-refractivity contribution in [3.63, 3.8) is 0 Å². The highest BCUT2D eigenvalue weighted by atomic mass is 35.5. The number of anilines is 2. The van der Waals surface area contributed by atoms with Crippen LogP contribution in [0.5, 0.6) is 6.01 Å². The van der Waals surface area contributed by atoms with E-state index >= 15 is 0 Å². The third-order valence-corrected chi connectivity index (χ3v) is 9.18. The molecule has 44 heavy (non-hydrogen) atoms. The Bertz CT molecular complexity index is 1820. The lowest BCUT2D eigenvalue weighted by Crippen LogP contribution is -2.55. The molecule has 228 valence electrons. The Labute approximate surface area is 263 Å². The molecule has 2 aliphatic rings. The zero-order chi connectivity index (χ0) is 31.1. The molecule has 13 heteroatoms. The van der Waals surface area contributed by atoms with Crippen molar-refractivity contribution in [2.45, 2.75) is 31.3 Å². The molecular weight excluding hydrogens is 608 g/mol. The fourth-order valence-corrected chi connectivity index (χ4v) is 6.57. The lowest BCUT2D eigenvalue weighted by Gasteiger charge is -2.41. The molecule has 2 N–H and O–H groups in total. The van der Waals surface area contributed by atoms with Gasteiger partial charge in [-0.1, -0.05) is 29.8 Å². The molecule has 4 heterocycles. The first-order valence-corrected chi connectivity index (χ1v) is 15.0. The lowest BCUT2D eigenvalue weighted by molar-refractivity contribution is -0.131. The normalized spacial score (nSPS) is 19.1. The van der Waals surface area contributed by atoms with Gasteiger partial charge in [0.15, 0.2) is 5.83 Å². The van der Waals surface area contributed by atoms with Gasteiger partial charge >= 0.3 is 6.01 Å². The highest BCUT2D eigenvalue weighted by Gasteiger charge is 2.34. The van der Waals surface area contributed by atoms with Crippen molar-refractivity contribution in [1.82, 2.24) is 19.8 Å². The number of hydrogen-bond acceptors (Lipinski definition) is 9. The number of likely N-dealkylation sites (tertiary alicyclic amines) is 1. The average molecular weight is 639 g/mol. The number of piperazine rings is 1. The molecule has 1 amide bonds. The molecule has 0 bridgehead atoms. The van der Waals surface area contributed by atoms with Crippen molar-refractivity contribution in [2.24, 2.45) is 0 Å². The predicted octanol–water partition coefficient (Wildman–Crippen LogP) is 5.82. The highest BCUT2D eigenvalue weighted by molar-refractivity contribution is 6.44. The number of halogens is 3. The fourth-order valence-electron chi connectivity index (χ4n) is 6.13. The van der Waals surface area contributed by atoms with Gasteiger partial charge in [0.25, 0.3) is 5.91 Å². The maximum absolute atomic E-state index is 13.8. The van der Waals surface area contributed by atoms with Crippen molar-refractivity contribution in [3.8, 4) is 23.2 Å². The number of hydrogen-bond donors (Lipinski definition) is 1. The van der Waals surface area contributed by atoms with Gasteiger partial charge in [0.05, 0.1) is 45.7 Å². The van der Waals surface area contributed by atoms with E-state index in [1.165, 1.54) is 4.90 Å². The number of rotatable bonds is 7. The van der Waals surface area contributed by atoms with Gasteiger partial charge in [-0.15, -0.1) is 0 Å². The maximum Gasteiger partial charge on any atom is 0.319 e. The molecule has 0 unspecified atom stereocenters. The number of nitrogens with two attached hydrogens (primary N) is 1. The van der Waals surface area contributed by atoms with Crippen LogP contribution in [0.25, 0.3) is 33.0 Å². The molecule has 2 aliphatic heterocycles. The Morgan fingerprint density at radius 3 is 2.77 bits per heavy atom. The average Bonchev–Trinajstić information content (AvgIpc) is 3.66. The van der Waals surface area contributed by atoms with E-state index in [9.17, 15) is 14.4 Å². The van der Waals surface area contributed by atoms with E-state index in [0.717, 1.165) is 24.8 Å². The Hall–Kier alpha value is -4.11. The number of likely N-dealkylation sites (N-methyl/N-ethyl adjacent to an activating group) is 1. The summed E-state index contributed by atoms with van der Waals surface area (Å²) in [6.07, 6.45) is 3.67. The molecule has 2 aromatic heterocycles. The molecule has 2 aromatic carbocycles. The van der Waals surface area contributed by atoms with Crippen LogP contribution in [-0.2, 0) is 4.79 Å². The first-order chi connectivity index (χ1) is 21.2. The number of ether oxygens (including phenoxy) is 1. The molecule has 0 spiro atoms. The minimum absolute atomic E-state index is 0.00487. The Balaban J connectivity index is 1.50. The summed E-state index contributed by atoms with van der Waals surface area (Å²) in [7, 11) is 2.07. The first-order valence-electron chi connectivity index (χ1n) is 14.2. The topological polar surface area (TPSA) is 125 Å². The fraction of sp³-hybridized carbons (Fsp3) is 0.355. The van der Waals surface area contributed by atoms with Crippen LogP contribution in [0.15, 0.2) is 47.4 Å². The second-order valence-electron chi connectivity index (χ2n) is 11.1. The van der Waals surface area contributed by atoms with E-state index in [2.05, 4.69) is 24.6 Å². The van der Waals surface area contributed by atoms with Gasteiger partial charge in [-0.25, -0.2) is 4.39 Å². The van der Waals surface area contributed by atoms with Crippen molar-refractivity contribution >= 4 is 62.5 Å². The number of nitrogens with zero attached hydrogens (tertiary/aromatic N) is 6. The monoisotopic (exact) mass is 637 g/mol. The zero-order valence-electron chi connectivity index (χ0n) is 24.0. The second-order valence-corrected chi connectivity index (χ2v) is 11.9. The van der Waals surface area contributed by atoms with Gasteiger partial charge in [-0.3, -0.25) is 4.79 Å². The van der Waals surface area contributed by atoms with Gasteiger partial charge in [-0.2, -0.15) is 15.2 Å². The van der Waals surface area contributed by atoms with Crippen molar-refractivity contribution in [3.05, 3.63) is 53.0 Å². The molecular formula is C31H30Cl2FN7O3. The van der Waals surface area contributed by atoms with Crippen LogP contribution in [-0.4, -0.2) is 77.6 Å². The van der Waals surface area contributed by atoms with Crippen LogP contribution in [0.4, 0.5) is 15.9 Å². The Morgan fingerprint density at radius 1 is 1.23 bits per heavy atom. The van der Waals surface area contributed by atoms with Crippen LogP contribution in [0.3, 0.4) is 0 Å². The van der Waals surface area contributed by atoms with E-state index in [0.29, 0.717) is 62.3 Å². The number of benzene rings is 2. The van der Waals surface area contributed by atoms with Crippen LogP contribution in [0, 0.1) is 11.3 Å². The molecule has 0 aliphatic carbocycles. The largest absolute Gasteiger partial charge is 0.463 e. The molecule has 2 atom stereocenters. The number of fused-ring (bicyclic) bond motifs is 3. The zero-order valence-corrected chi connectivity index (χ0v) is 25.5. The minimum Gasteiger partial charge on any atom is -0.463 e. The van der Waals surface area contributed by atoms with Crippen LogP contribution in [0.1, 0.15) is 19.3 Å². The van der Waals surface area contributed by atoms with Crippen LogP contribution >= 0.6 is 23.2 Å². The summed E-state index contributed by atoms with van der Waals surface area (Å²) in [5.41, 5.74) is 8.96. The smallest absolute Gasteiger partial charge is 0.319 e. The van der Waals surface area contributed by atoms with Crippen LogP contribution < -0.4 is 15.4 Å². The molecule has 2 saturated heterocycles. The number of carbonyl (C=O) groups excluding carboxylic acids is 1. The summed E-state index contributed by atoms with van der Waals surface area (Å²) in [6.45, 7) is 5.27. The first kappa shape index (κ1) is 29.9. The van der Waals surface area contributed by atoms with Crippen molar-refractivity contribution in [1.29, 1.82) is 5.26 Å². The molecule has 0 radical (unpaired) electrons. The lowest BCUT2D eigenvalue weighted by atomic mass is 9.98. The number of carbonyl (C=O) groups is 1. The number of nitriles is 1. The quantitative estimate of drug-likeness (QED) is 0.197. The minimum atomic E-state index is -1.06. The van der Waals surface area contributed by atoms with Gasteiger partial charge in [-0.05, 0) is 56.3 Å². The number of amides is 1. The maximum atomic E-state index is 13.8. The number of aromatic nitrogens is 2. The van der Waals surface area contributed by atoms with Crippen molar-refractivity contribution in [2.75, 3.05) is 50.5 Å². The summed E-state index contributed by atoms with van der Waals surface area (Å²) in [4.78, 5) is 27.8. The van der Waals surface area contributed by atoms with Gasteiger partial charge in [0, 0.05) is 42.3 Å². The second kappa shape index (κ2) is 12.1. The Kier molecular flexibility index (Phi) is 8.24. The molecule has 10 nitrogen and oxygen atoms in total. The van der Waals surface area contributed by atoms with Crippen molar-refractivity contribution < 1.29 is 18.3 Å². The Morgan fingerprint density at radius 2 is 2.05 bits per heavy atom. The molecule has 2 fully saturated rings. The molecule has 0 saturated carbocycles. The summed E-state index contributed by atoms with van der Waals surface area (Å²) in [5.74, 6) is -1.37. The summed E-state index contributed by atoms with van der Waals surface area (Å²) >= 11 is 13.1. The van der Waals surface area contributed by atoms with E-state index in [4.69, 9.17) is 48.1 Å². The van der Waals surface area contributed by atoms with E-state index in [1.54, 1.807) is 18.4 Å².